The number of likely N-dealkylation sites (tertiary alicyclic amines) is 1. The maximum atomic E-state index is 12.6. The fraction of sp³-hybridized carbons (Fsp3) is 0.619. The Morgan fingerprint density at radius 2 is 1.77 bits per heavy atom. The smallest absolute Gasteiger partial charge is 0.246 e. The highest BCUT2D eigenvalue weighted by atomic mass is 16.2. The van der Waals surface area contributed by atoms with E-state index in [0.717, 1.165) is 38.2 Å². The average Bonchev–Trinajstić information content (AvgIpc) is 2.64. The zero-order valence-electron chi connectivity index (χ0n) is 16.1. The molecule has 0 atom stereocenters. The Labute approximate surface area is 156 Å². The van der Waals surface area contributed by atoms with Gasteiger partial charge in [-0.05, 0) is 63.9 Å². The number of carbonyl (C=O) groups excluding carboxylic acids is 2. The highest BCUT2D eigenvalue weighted by Gasteiger charge is 2.30. The van der Waals surface area contributed by atoms with Crippen LogP contribution in [0.25, 0.3) is 0 Å². The number of anilines is 1. The lowest BCUT2D eigenvalue weighted by atomic mass is 9.92. The van der Waals surface area contributed by atoms with Gasteiger partial charge in [-0.1, -0.05) is 24.6 Å². The first-order valence-corrected chi connectivity index (χ1v) is 9.94. The van der Waals surface area contributed by atoms with E-state index in [0.29, 0.717) is 25.4 Å². The topological polar surface area (TPSA) is 43.9 Å². The van der Waals surface area contributed by atoms with Crippen LogP contribution >= 0.6 is 0 Å². The third-order valence-electron chi connectivity index (χ3n) is 5.63. The van der Waals surface area contributed by atoms with Gasteiger partial charge >= 0.3 is 0 Å². The Balaban J connectivity index is 1.48. The minimum Gasteiger partial charge on any atom is -0.332 e. The van der Waals surface area contributed by atoms with Gasteiger partial charge < -0.3 is 14.7 Å². The fourth-order valence-corrected chi connectivity index (χ4v) is 3.99. The lowest BCUT2D eigenvalue weighted by molar-refractivity contribution is -0.137. The molecule has 0 N–H and O–H groups in total. The van der Waals surface area contributed by atoms with Crippen molar-refractivity contribution >= 4 is 17.5 Å². The van der Waals surface area contributed by atoms with Gasteiger partial charge in [0.25, 0.3) is 0 Å². The predicted octanol–water partition coefficient (Wildman–Crippen LogP) is 2.68. The zero-order chi connectivity index (χ0) is 18.5. The first-order valence-electron chi connectivity index (χ1n) is 9.94. The first-order chi connectivity index (χ1) is 12.6. The van der Waals surface area contributed by atoms with E-state index in [2.05, 4.69) is 11.8 Å². The molecule has 2 heterocycles. The minimum atomic E-state index is 0.0196. The summed E-state index contributed by atoms with van der Waals surface area (Å²) in [5.74, 6) is 0.642. The molecule has 0 radical (unpaired) electrons. The third-order valence-corrected chi connectivity index (χ3v) is 5.63. The second-order valence-corrected chi connectivity index (χ2v) is 7.69. The maximum Gasteiger partial charge on any atom is 0.246 e. The number of hydrogen-bond donors (Lipinski definition) is 0. The molecule has 1 aromatic rings. The number of carbonyl (C=O) groups is 2. The van der Waals surface area contributed by atoms with Crippen LogP contribution in [0, 0.1) is 12.8 Å². The third kappa shape index (κ3) is 4.64. The molecule has 0 aromatic heterocycles. The summed E-state index contributed by atoms with van der Waals surface area (Å²) in [7, 11) is 0. The summed E-state index contributed by atoms with van der Waals surface area (Å²) in [4.78, 5) is 31.2. The quantitative estimate of drug-likeness (QED) is 0.814. The van der Waals surface area contributed by atoms with Crippen LogP contribution in [-0.4, -0.2) is 60.9 Å². The molecule has 0 bridgehead atoms. The van der Waals surface area contributed by atoms with E-state index >= 15 is 0 Å². The van der Waals surface area contributed by atoms with E-state index < -0.39 is 0 Å². The molecule has 0 saturated carbocycles. The molecule has 0 aliphatic carbocycles. The first kappa shape index (κ1) is 18.9. The number of aryl methyl sites for hydroxylation is 1. The van der Waals surface area contributed by atoms with Gasteiger partial charge in [0.05, 0.1) is 0 Å². The van der Waals surface area contributed by atoms with Crippen LogP contribution in [0.4, 0.5) is 5.69 Å². The summed E-state index contributed by atoms with van der Waals surface area (Å²) >= 11 is 0. The Morgan fingerprint density at radius 1 is 1.08 bits per heavy atom. The fourth-order valence-electron chi connectivity index (χ4n) is 3.99. The van der Waals surface area contributed by atoms with Gasteiger partial charge in [0.15, 0.2) is 0 Å². The van der Waals surface area contributed by atoms with Gasteiger partial charge in [-0.3, -0.25) is 9.59 Å². The Kier molecular flexibility index (Phi) is 6.30. The summed E-state index contributed by atoms with van der Waals surface area (Å²) in [6, 6.07) is 8.00. The van der Waals surface area contributed by atoms with Crippen molar-refractivity contribution in [3.63, 3.8) is 0 Å². The lowest BCUT2D eigenvalue weighted by Crippen LogP contribution is -2.52. The van der Waals surface area contributed by atoms with E-state index in [4.69, 9.17) is 0 Å². The van der Waals surface area contributed by atoms with Crippen molar-refractivity contribution in [2.45, 2.75) is 39.5 Å². The summed E-state index contributed by atoms with van der Waals surface area (Å²) in [6.07, 6.45) is 3.99. The monoisotopic (exact) mass is 357 g/mol. The highest BCUT2D eigenvalue weighted by molar-refractivity contribution is 5.97. The molecule has 2 amide bonds. The van der Waals surface area contributed by atoms with Gasteiger partial charge in [0.1, 0.15) is 6.54 Å². The molecule has 2 saturated heterocycles. The molecule has 2 aliphatic heterocycles. The number of nitrogens with zero attached hydrogens (tertiary/aromatic N) is 3. The second-order valence-electron chi connectivity index (χ2n) is 7.69. The van der Waals surface area contributed by atoms with Gasteiger partial charge in [-0.25, -0.2) is 0 Å². The number of hydrogen-bond acceptors (Lipinski definition) is 3. The molecule has 2 aliphatic rings. The average molecular weight is 357 g/mol. The number of amides is 2. The molecule has 5 heteroatoms. The molecular formula is C21H31N3O2. The Morgan fingerprint density at radius 3 is 2.38 bits per heavy atom. The summed E-state index contributed by atoms with van der Waals surface area (Å²) in [6.45, 7) is 9.04. The van der Waals surface area contributed by atoms with E-state index in [1.807, 2.05) is 31.2 Å². The lowest BCUT2D eigenvalue weighted by Gasteiger charge is -2.36. The van der Waals surface area contributed by atoms with E-state index in [1.54, 1.807) is 9.80 Å². The van der Waals surface area contributed by atoms with Crippen LogP contribution in [0.3, 0.4) is 0 Å². The van der Waals surface area contributed by atoms with Crippen molar-refractivity contribution < 1.29 is 9.59 Å². The molecule has 1 aromatic carbocycles. The van der Waals surface area contributed by atoms with E-state index in [9.17, 15) is 9.59 Å². The molecule has 2 fully saturated rings. The second kappa shape index (κ2) is 8.67. The van der Waals surface area contributed by atoms with Crippen LogP contribution < -0.4 is 4.90 Å². The minimum absolute atomic E-state index is 0.0196. The van der Waals surface area contributed by atoms with Crippen molar-refractivity contribution in [2.24, 2.45) is 5.92 Å². The van der Waals surface area contributed by atoms with Gasteiger partial charge in [-0.15, -0.1) is 0 Å². The van der Waals surface area contributed by atoms with Gasteiger partial charge in [0, 0.05) is 25.2 Å². The molecule has 0 unspecified atom stereocenters. The highest BCUT2D eigenvalue weighted by Crippen LogP contribution is 2.23. The number of piperidine rings is 1. The Hall–Kier alpha value is -1.88. The van der Waals surface area contributed by atoms with Crippen LogP contribution in [-0.2, 0) is 9.59 Å². The Bertz CT molecular complexity index is 621. The predicted molar refractivity (Wildman–Crippen MR) is 104 cm³/mol. The molecule has 5 nitrogen and oxygen atoms in total. The van der Waals surface area contributed by atoms with E-state index in [1.165, 1.54) is 12.0 Å². The maximum absolute atomic E-state index is 12.6. The van der Waals surface area contributed by atoms with Crippen LogP contribution in [0.5, 0.6) is 0 Å². The standard InChI is InChI=1S/C21H31N3O2/c1-3-10-22-11-8-18(9-12-22)15-20(25)23-13-14-24(21(26)16-23)19-6-4-17(2)5-7-19/h4-7,18H,3,8-16H2,1-2H3. The SMILES string of the molecule is CCCN1CCC(CC(=O)N2CCN(c3ccc(C)cc3)C(=O)C2)CC1. The summed E-state index contributed by atoms with van der Waals surface area (Å²) in [5.41, 5.74) is 2.11. The molecule has 142 valence electrons. The van der Waals surface area contributed by atoms with Crippen LogP contribution in [0.1, 0.15) is 38.2 Å². The van der Waals surface area contributed by atoms with Crippen LogP contribution in [0.2, 0.25) is 0 Å². The number of benzene rings is 1. The van der Waals surface area contributed by atoms with E-state index in [-0.39, 0.29) is 18.4 Å². The normalized spacial score (nSPS) is 19.8. The molecule has 26 heavy (non-hydrogen) atoms. The van der Waals surface area contributed by atoms with Crippen molar-refractivity contribution in [3.05, 3.63) is 29.8 Å². The number of rotatable bonds is 5. The molecule has 3 rings (SSSR count). The van der Waals surface area contributed by atoms with Gasteiger partial charge in [-0.2, -0.15) is 0 Å². The van der Waals surface area contributed by atoms with Crippen molar-refractivity contribution in [1.29, 1.82) is 0 Å². The van der Waals surface area contributed by atoms with Crippen molar-refractivity contribution in [2.75, 3.05) is 44.2 Å². The largest absolute Gasteiger partial charge is 0.332 e. The zero-order valence-corrected chi connectivity index (χ0v) is 16.1. The summed E-state index contributed by atoms with van der Waals surface area (Å²) in [5, 5.41) is 0. The molecule has 0 spiro atoms. The number of piperazine rings is 1. The summed E-state index contributed by atoms with van der Waals surface area (Å²) < 4.78 is 0. The van der Waals surface area contributed by atoms with Crippen molar-refractivity contribution in [1.82, 2.24) is 9.80 Å². The molecular weight excluding hydrogens is 326 g/mol. The van der Waals surface area contributed by atoms with Crippen LogP contribution in [0.15, 0.2) is 24.3 Å². The van der Waals surface area contributed by atoms with Gasteiger partial charge in [0.2, 0.25) is 11.8 Å². The van der Waals surface area contributed by atoms with Crippen molar-refractivity contribution in [3.8, 4) is 0 Å².